The Labute approximate surface area is 106 Å². The first-order valence-corrected chi connectivity index (χ1v) is 5.98. The summed E-state index contributed by atoms with van der Waals surface area (Å²) in [7, 11) is 0. The van der Waals surface area contributed by atoms with Crippen molar-refractivity contribution in [2.75, 3.05) is 5.33 Å². The number of benzene rings is 1. The molecule has 0 heterocycles. The van der Waals surface area contributed by atoms with Gasteiger partial charge in [-0.3, -0.25) is 4.79 Å². The SMILES string of the molecule is O=C(CCBr)c1ccc(S)cc1OC(F)F. The van der Waals surface area contributed by atoms with E-state index >= 15 is 0 Å². The second-order valence-corrected chi connectivity index (χ2v) is 4.23. The fourth-order valence-electron chi connectivity index (χ4n) is 1.16. The molecule has 0 unspecified atom stereocenters. The maximum Gasteiger partial charge on any atom is 0.387 e. The largest absolute Gasteiger partial charge is 0.434 e. The van der Waals surface area contributed by atoms with Crippen LogP contribution in [0.1, 0.15) is 16.8 Å². The number of rotatable bonds is 5. The molecule has 0 radical (unpaired) electrons. The standard InChI is InChI=1S/C10H9BrF2O2S/c11-4-3-8(14)7-2-1-6(16)5-9(7)15-10(12)13/h1-2,5,10,16H,3-4H2. The van der Waals surface area contributed by atoms with Gasteiger partial charge in [-0.05, 0) is 18.2 Å². The lowest BCUT2D eigenvalue weighted by molar-refractivity contribution is -0.0502. The summed E-state index contributed by atoms with van der Waals surface area (Å²) < 4.78 is 28.5. The summed E-state index contributed by atoms with van der Waals surface area (Å²) in [6.45, 7) is -2.95. The molecule has 88 valence electrons. The minimum Gasteiger partial charge on any atom is -0.434 e. The molecule has 1 aromatic rings. The molecular weight excluding hydrogens is 302 g/mol. The van der Waals surface area contributed by atoms with Gasteiger partial charge < -0.3 is 4.74 Å². The summed E-state index contributed by atoms with van der Waals surface area (Å²) in [6.07, 6.45) is 0.228. The van der Waals surface area contributed by atoms with E-state index in [-0.39, 0.29) is 23.5 Å². The first-order chi connectivity index (χ1) is 7.54. The number of ether oxygens (including phenoxy) is 1. The minimum atomic E-state index is -2.95. The highest BCUT2D eigenvalue weighted by atomic mass is 79.9. The van der Waals surface area contributed by atoms with E-state index in [1.807, 2.05) is 0 Å². The number of alkyl halides is 3. The van der Waals surface area contributed by atoms with E-state index in [2.05, 4.69) is 33.3 Å². The van der Waals surface area contributed by atoms with Gasteiger partial charge in [-0.1, -0.05) is 15.9 Å². The van der Waals surface area contributed by atoms with Crippen LogP contribution in [0.3, 0.4) is 0 Å². The predicted octanol–water partition coefficient (Wildman–Crippen LogP) is 3.54. The van der Waals surface area contributed by atoms with Crippen molar-refractivity contribution >= 4 is 34.3 Å². The molecule has 0 saturated carbocycles. The molecule has 6 heteroatoms. The van der Waals surface area contributed by atoms with Crippen LogP contribution in [0.15, 0.2) is 23.1 Å². The van der Waals surface area contributed by atoms with Crippen LogP contribution in [0.25, 0.3) is 0 Å². The van der Waals surface area contributed by atoms with Gasteiger partial charge in [-0.25, -0.2) is 0 Å². The quantitative estimate of drug-likeness (QED) is 0.511. The van der Waals surface area contributed by atoms with Crippen LogP contribution in [0.2, 0.25) is 0 Å². The monoisotopic (exact) mass is 310 g/mol. The summed E-state index contributed by atoms with van der Waals surface area (Å²) in [5.74, 6) is -0.380. The molecule has 0 aliphatic heterocycles. The molecule has 0 amide bonds. The van der Waals surface area contributed by atoms with Gasteiger partial charge in [-0.2, -0.15) is 8.78 Å². The Morgan fingerprint density at radius 3 is 2.75 bits per heavy atom. The number of carbonyl (C=O) groups excluding carboxylic acids is 1. The Hall–Kier alpha value is -0.620. The van der Waals surface area contributed by atoms with E-state index in [1.54, 1.807) is 6.07 Å². The Morgan fingerprint density at radius 1 is 1.50 bits per heavy atom. The number of hydrogen-bond donors (Lipinski definition) is 1. The lowest BCUT2D eigenvalue weighted by atomic mass is 10.1. The van der Waals surface area contributed by atoms with Crippen molar-refractivity contribution in [2.24, 2.45) is 0 Å². The lowest BCUT2D eigenvalue weighted by Gasteiger charge is -2.10. The molecule has 0 spiro atoms. The Kier molecular flexibility index (Phi) is 5.21. The van der Waals surface area contributed by atoms with Gasteiger partial charge in [0.2, 0.25) is 0 Å². The highest BCUT2D eigenvalue weighted by molar-refractivity contribution is 9.09. The topological polar surface area (TPSA) is 26.3 Å². The van der Waals surface area contributed by atoms with E-state index in [1.165, 1.54) is 12.1 Å². The van der Waals surface area contributed by atoms with Crippen molar-refractivity contribution in [1.29, 1.82) is 0 Å². The van der Waals surface area contributed by atoms with Crippen molar-refractivity contribution in [3.8, 4) is 5.75 Å². The number of carbonyl (C=O) groups is 1. The molecule has 0 aliphatic carbocycles. The maximum atomic E-state index is 12.1. The van der Waals surface area contributed by atoms with Gasteiger partial charge in [0.1, 0.15) is 5.75 Å². The summed E-state index contributed by atoms with van der Waals surface area (Å²) >= 11 is 7.11. The van der Waals surface area contributed by atoms with Crippen LogP contribution in [-0.4, -0.2) is 17.7 Å². The summed E-state index contributed by atoms with van der Waals surface area (Å²) in [5, 5.41) is 0.475. The van der Waals surface area contributed by atoms with Gasteiger partial charge in [0.05, 0.1) is 5.56 Å². The number of halogens is 3. The summed E-state index contributed by atoms with van der Waals surface area (Å²) in [5.41, 5.74) is 0.151. The Morgan fingerprint density at radius 2 is 2.19 bits per heavy atom. The Bertz CT molecular complexity index is 385. The van der Waals surface area contributed by atoms with Crippen LogP contribution >= 0.6 is 28.6 Å². The van der Waals surface area contributed by atoms with E-state index in [0.717, 1.165) is 0 Å². The highest BCUT2D eigenvalue weighted by Gasteiger charge is 2.15. The van der Waals surface area contributed by atoms with E-state index in [4.69, 9.17) is 0 Å². The lowest BCUT2D eigenvalue weighted by Crippen LogP contribution is -2.08. The average Bonchev–Trinajstić information content (AvgIpc) is 2.16. The van der Waals surface area contributed by atoms with Crippen LogP contribution in [0, 0.1) is 0 Å². The van der Waals surface area contributed by atoms with Crippen molar-refractivity contribution in [1.82, 2.24) is 0 Å². The molecule has 1 rings (SSSR count). The molecule has 0 bridgehead atoms. The molecule has 0 atom stereocenters. The predicted molar refractivity (Wildman–Crippen MR) is 63.1 cm³/mol. The molecule has 0 aromatic heterocycles. The third kappa shape index (κ3) is 3.75. The van der Waals surface area contributed by atoms with Gasteiger partial charge >= 0.3 is 6.61 Å². The van der Waals surface area contributed by atoms with Gasteiger partial charge in [0.25, 0.3) is 0 Å². The summed E-state index contributed by atoms with van der Waals surface area (Å²) in [4.78, 5) is 12.0. The van der Waals surface area contributed by atoms with Crippen molar-refractivity contribution in [2.45, 2.75) is 17.9 Å². The van der Waals surface area contributed by atoms with Crippen LogP contribution in [0.4, 0.5) is 8.78 Å². The molecule has 0 saturated heterocycles. The van der Waals surface area contributed by atoms with Crippen molar-refractivity contribution < 1.29 is 18.3 Å². The Balaban J connectivity index is 3.02. The van der Waals surface area contributed by atoms with Crippen LogP contribution < -0.4 is 4.74 Å². The smallest absolute Gasteiger partial charge is 0.387 e. The number of Topliss-reactive ketones (excluding diaryl/α,β-unsaturated/α-hetero) is 1. The molecule has 0 N–H and O–H groups in total. The van der Waals surface area contributed by atoms with Crippen molar-refractivity contribution in [3.63, 3.8) is 0 Å². The van der Waals surface area contributed by atoms with E-state index in [0.29, 0.717) is 10.2 Å². The van der Waals surface area contributed by atoms with Gasteiger partial charge in [-0.15, -0.1) is 12.6 Å². The van der Waals surface area contributed by atoms with Crippen molar-refractivity contribution in [3.05, 3.63) is 23.8 Å². The normalized spacial score (nSPS) is 10.6. The third-order valence-electron chi connectivity index (χ3n) is 1.80. The second-order valence-electron chi connectivity index (χ2n) is 2.92. The van der Waals surface area contributed by atoms with E-state index in [9.17, 15) is 13.6 Å². The fraction of sp³-hybridized carbons (Fsp3) is 0.300. The molecular formula is C10H9BrF2O2S. The zero-order valence-corrected chi connectivity index (χ0v) is 10.6. The zero-order valence-electron chi connectivity index (χ0n) is 8.12. The zero-order chi connectivity index (χ0) is 12.1. The molecule has 16 heavy (non-hydrogen) atoms. The molecule has 1 aromatic carbocycles. The highest BCUT2D eigenvalue weighted by Crippen LogP contribution is 2.25. The molecule has 0 fully saturated rings. The maximum absolute atomic E-state index is 12.1. The average molecular weight is 311 g/mol. The number of thiol groups is 1. The van der Waals surface area contributed by atoms with Crippen LogP contribution in [0.5, 0.6) is 5.75 Å². The number of hydrogen-bond acceptors (Lipinski definition) is 3. The summed E-state index contributed by atoms with van der Waals surface area (Å²) in [6, 6.07) is 4.30. The minimum absolute atomic E-state index is 0.131. The van der Waals surface area contributed by atoms with Gasteiger partial charge in [0, 0.05) is 16.6 Å². The number of ketones is 1. The first kappa shape index (κ1) is 13.4. The first-order valence-electron chi connectivity index (χ1n) is 4.41. The fourth-order valence-corrected chi connectivity index (χ4v) is 1.71. The third-order valence-corrected chi connectivity index (χ3v) is 2.48. The van der Waals surface area contributed by atoms with Gasteiger partial charge in [0.15, 0.2) is 5.78 Å². The van der Waals surface area contributed by atoms with Crippen LogP contribution in [-0.2, 0) is 0 Å². The molecule has 2 nitrogen and oxygen atoms in total. The second kappa shape index (κ2) is 6.20. The molecule has 0 aliphatic rings. The van der Waals surface area contributed by atoms with E-state index < -0.39 is 6.61 Å².